The van der Waals surface area contributed by atoms with Crippen LogP contribution in [0.2, 0.25) is 5.02 Å². The number of benzene rings is 1. The molecule has 2 rings (SSSR count). The van der Waals surface area contributed by atoms with Crippen LogP contribution in [0.4, 0.5) is 0 Å². The summed E-state index contributed by atoms with van der Waals surface area (Å²) in [5.41, 5.74) is 8.56. The Balaban J connectivity index is 2.69. The number of aromatic nitrogens is 1. The van der Waals surface area contributed by atoms with Gasteiger partial charge in [0.05, 0.1) is 12.1 Å². The molecule has 3 nitrogen and oxygen atoms in total. The number of rotatable bonds is 4. The molecule has 0 aliphatic carbocycles. The molecule has 1 aromatic carbocycles. The van der Waals surface area contributed by atoms with E-state index in [9.17, 15) is 0 Å². The van der Waals surface area contributed by atoms with Gasteiger partial charge in [0.2, 0.25) is 0 Å². The predicted octanol–water partition coefficient (Wildman–Crippen LogP) is 3.10. The summed E-state index contributed by atoms with van der Waals surface area (Å²) in [6.07, 6.45) is 1.84. The van der Waals surface area contributed by atoms with Crippen LogP contribution in [0.1, 0.15) is 17.7 Å². The maximum atomic E-state index is 6.30. The van der Waals surface area contributed by atoms with Crippen LogP contribution in [-0.4, -0.2) is 18.6 Å². The van der Waals surface area contributed by atoms with E-state index < -0.39 is 0 Å². The molecule has 0 fully saturated rings. The van der Waals surface area contributed by atoms with Crippen molar-refractivity contribution in [2.45, 2.75) is 19.8 Å². The number of methoxy groups -OCH3 is 1. The van der Waals surface area contributed by atoms with Crippen molar-refractivity contribution in [2.24, 2.45) is 5.73 Å². The summed E-state index contributed by atoms with van der Waals surface area (Å²) in [5.74, 6) is 0.757. The molecule has 1 heterocycles. The monoisotopic (exact) mass is 264 g/mol. The van der Waals surface area contributed by atoms with Gasteiger partial charge in [0, 0.05) is 11.1 Å². The molecular formula is C14H17ClN2O. The molecule has 0 unspecified atom stereocenters. The van der Waals surface area contributed by atoms with Gasteiger partial charge < -0.3 is 10.5 Å². The molecule has 0 spiro atoms. The van der Waals surface area contributed by atoms with Crippen LogP contribution < -0.4 is 10.5 Å². The fourth-order valence-electron chi connectivity index (χ4n) is 2.15. The molecule has 4 heteroatoms. The van der Waals surface area contributed by atoms with Crippen LogP contribution in [-0.2, 0) is 6.42 Å². The second kappa shape index (κ2) is 5.55. The van der Waals surface area contributed by atoms with E-state index in [0.29, 0.717) is 11.6 Å². The molecule has 0 saturated heterocycles. The third-order valence-electron chi connectivity index (χ3n) is 2.95. The highest BCUT2D eigenvalue weighted by Crippen LogP contribution is 2.33. The minimum absolute atomic E-state index is 0.671. The van der Waals surface area contributed by atoms with Gasteiger partial charge in [-0.25, -0.2) is 4.98 Å². The van der Waals surface area contributed by atoms with Crippen molar-refractivity contribution < 1.29 is 4.74 Å². The topological polar surface area (TPSA) is 48.1 Å². The number of fused-ring (bicyclic) bond motifs is 1. The molecule has 2 aromatic rings. The van der Waals surface area contributed by atoms with E-state index in [1.54, 1.807) is 7.11 Å². The quantitative estimate of drug-likeness (QED) is 0.923. The lowest BCUT2D eigenvalue weighted by Crippen LogP contribution is -2.02. The third-order valence-corrected chi connectivity index (χ3v) is 3.27. The van der Waals surface area contributed by atoms with Crippen LogP contribution in [0.5, 0.6) is 5.75 Å². The lowest BCUT2D eigenvalue weighted by Gasteiger charge is -2.12. The Kier molecular flexibility index (Phi) is 4.04. The molecule has 0 aliphatic rings. The van der Waals surface area contributed by atoms with Gasteiger partial charge in [-0.2, -0.15) is 0 Å². The predicted molar refractivity (Wildman–Crippen MR) is 75.4 cm³/mol. The van der Waals surface area contributed by atoms with Crippen molar-refractivity contribution >= 4 is 22.5 Å². The fourth-order valence-corrected chi connectivity index (χ4v) is 2.43. The number of pyridine rings is 1. The van der Waals surface area contributed by atoms with Gasteiger partial charge in [-0.3, -0.25) is 0 Å². The van der Waals surface area contributed by atoms with E-state index in [0.717, 1.165) is 35.2 Å². The molecule has 1 aromatic heterocycles. The van der Waals surface area contributed by atoms with E-state index in [1.165, 1.54) is 5.56 Å². The smallest absolute Gasteiger partial charge is 0.145 e. The Morgan fingerprint density at radius 1 is 1.39 bits per heavy atom. The van der Waals surface area contributed by atoms with Gasteiger partial charge in [0.1, 0.15) is 11.3 Å². The number of hydrogen-bond acceptors (Lipinski definition) is 3. The maximum Gasteiger partial charge on any atom is 0.145 e. The number of hydrogen-bond donors (Lipinski definition) is 1. The molecule has 0 saturated carbocycles. The molecule has 96 valence electrons. The summed E-state index contributed by atoms with van der Waals surface area (Å²) in [7, 11) is 1.65. The Morgan fingerprint density at radius 2 is 2.17 bits per heavy atom. The summed E-state index contributed by atoms with van der Waals surface area (Å²) in [5, 5.41) is 1.69. The second-order valence-corrected chi connectivity index (χ2v) is 4.70. The van der Waals surface area contributed by atoms with Crippen molar-refractivity contribution in [1.29, 1.82) is 0 Å². The van der Waals surface area contributed by atoms with Gasteiger partial charge in [0.15, 0.2) is 0 Å². The Morgan fingerprint density at radius 3 is 2.83 bits per heavy atom. The molecular weight excluding hydrogens is 248 g/mol. The van der Waals surface area contributed by atoms with E-state index in [1.807, 2.05) is 19.1 Å². The number of aryl methyl sites for hydroxylation is 2. The highest BCUT2D eigenvalue weighted by molar-refractivity contribution is 6.35. The van der Waals surface area contributed by atoms with Crippen LogP contribution in [0.3, 0.4) is 0 Å². The summed E-state index contributed by atoms with van der Waals surface area (Å²) in [4.78, 5) is 4.54. The standard InChI is InChI=1S/C14H17ClN2O/c1-9-8-10(4-3-7-16)13-11(15)5-6-12(18-2)14(13)17-9/h5-6,8H,3-4,7,16H2,1-2H3. The minimum atomic E-state index is 0.671. The van der Waals surface area contributed by atoms with Crippen LogP contribution in [0, 0.1) is 6.92 Å². The Hall–Kier alpha value is -1.32. The molecule has 0 atom stereocenters. The van der Waals surface area contributed by atoms with Gasteiger partial charge >= 0.3 is 0 Å². The zero-order valence-electron chi connectivity index (χ0n) is 10.7. The van der Waals surface area contributed by atoms with Crippen LogP contribution in [0.25, 0.3) is 10.9 Å². The second-order valence-electron chi connectivity index (χ2n) is 4.29. The van der Waals surface area contributed by atoms with E-state index in [4.69, 9.17) is 22.1 Å². The first-order valence-corrected chi connectivity index (χ1v) is 6.38. The first-order valence-electron chi connectivity index (χ1n) is 6.00. The number of ether oxygens (including phenoxy) is 1. The molecule has 2 N–H and O–H groups in total. The van der Waals surface area contributed by atoms with Gasteiger partial charge in [-0.1, -0.05) is 11.6 Å². The zero-order chi connectivity index (χ0) is 13.1. The number of nitrogens with zero attached hydrogens (tertiary/aromatic N) is 1. The average molecular weight is 265 g/mol. The normalized spacial score (nSPS) is 10.9. The first kappa shape index (κ1) is 13.1. The third kappa shape index (κ3) is 2.42. The van der Waals surface area contributed by atoms with Crippen molar-refractivity contribution in [3.8, 4) is 5.75 Å². The molecule has 18 heavy (non-hydrogen) atoms. The lowest BCUT2D eigenvalue weighted by molar-refractivity contribution is 0.419. The van der Waals surface area contributed by atoms with E-state index >= 15 is 0 Å². The van der Waals surface area contributed by atoms with Crippen LogP contribution in [0.15, 0.2) is 18.2 Å². The van der Waals surface area contributed by atoms with Crippen molar-refractivity contribution in [3.63, 3.8) is 0 Å². The summed E-state index contributed by atoms with van der Waals surface area (Å²) in [6, 6.07) is 5.78. The first-order chi connectivity index (χ1) is 8.67. The molecule has 0 amide bonds. The Labute approximate surface area is 112 Å². The Bertz CT molecular complexity index is 569. The van der Waals surface area contributed by atoms with Crippen molar-refractivity contribution in [3.05, 3.63) is 34.5 Å². The van der Waals surface area contributed by atoms with Gasteiger partial charge in [0.25, 0.3) is 0 Å². The highest BCUT2D eigenvalue weighted by Gasteiger charge is 2.11. The van der Waals surface area contributed by atoms with Crippen molar-refractivity contribution in [1.82, 2.24) is 4.98 Å². The fraction of sp³-hybridized carbons (Fsp3) is 0.357. The van der Waals surface area contributed by atoms with Crippen molar-refractivity contribution in [2.75, 3.05) is 13.7 Å². The molecule has 0 bridgehead atoms. The number of halogens is 1. The highest BCUT2D eigenvalue weighted by atomic mass is 35.5. The zero-order valence-corrected chi connectivity index (χ0v) is 11.4. The molecule has 0 radical (unpaired) electrons. The summed E-state index contributed by atoms with van der Waals surface area (Å²) >= 11 is 6.30. The lowest BCUT2D eigenvalue weighted by atomic mass is 10.0. The van der Waals surface area contributed by atoms with Gasteiger partial charge in [-0.15, -0.1) is 0 Å². The largest absolute Gasteiger partial charge is 0.494 e. The van der Waals surface area contributed by atoms with Gasteiger partial charge in [-0.05, 0) is 50.1 Å². The molecule has 0 aliphatic heterocycles. The summed E-state index contributed by atoms with van der Waals surface area (Å²) in [6.45, 7) is 2.65. The average Bonchev–Trinajstić information content (AvgIpc) is 2.36. The van der Waals surface area contributed by atoms with Crippen LogP contribution >= 0.6 is 11.6 Å². The van der Waals surface area contributed by atoms with E-state index in [-0.39, 0.29) is 0 Å². The van der Waals surface area contributed by atoms with E-state index in [2.05, 4.69) is 11.1 Å². The maximum absolute atomic E-state index is 6.30. The summed E-state index contributed by atoms with van der Waals surface area (Å²) < 4.78 is 5.35. The minimum Gasteiger partial charge on any atom is -0.494 e. The SMILES string of the molecule is COc1ccc(Cl)c2c(CCCN)cc(C)nc12. The number of nitrogens with two attached hydrogens (primary N) is 1.